The molecule has 0 spiro atoms. The summed E-state index contributed by atoms with van der Waals surface area (Å²) < 4.78 is 27.4. The Balaban J connectivity index is 0.00000361. The highest BCUT2D eigenvalue weighted by atomic mass is 32.2. The summed E-state index contributed by atoms with van der Waals surface area (Å²) in [4.78, 5) is 11.7. The van der Waals surface area contributed by atoms with Crippen LogP contribution in [0.25, 0.3) is 0 Å². The topological polar surface area (TPSA) is 92.7 Å². The van der Waals surface area contributed by atoms with E-state index in [4.69, 9.17) is 9.84 Å². The maximum atomic E-state index is 11.5. The van der Waals surface area contributed by atoms with E-state index in [0.29, 0.717) is 5.69 Å². The third kappa shape index (κ3) is 5.66. The lowest BCUT2D eigenvalue weighted by Crippen LogP contribution is -2.34. The van der Waals surface area contributed by atoms with Crippen LogP contribution in [-0.2, 0) is 19.4 Å². The SMILES string of the molecule is CCOC(=O)[C@H](CO)Nc1ccc(S(C)(=O)=O)cc1.[Mg]. The number of esters is 1. The average molecular weight is 312 g/mol. The van der Waals surface area contributed by atoms with Crippen LogP contribution in [0.1, 0.15) is 6.92 Å². The van der Waals surface area contributed by atoms with Crippen LogP contribution in [0, 0.1) is 0 Å². The largest absolute Gasteiger partial charge is 0.464 e. The van der Waals surface area contributed by atoms with E-state index in [1.54, 1.807) is 6.92 Å². The summed E-state index contributed by atoms with van der Waals surface area (Å²) >= 11 is 0. The van der Waals surface area contributed by atoms with Gasteiger partial charge in [-0.15, -0.1) is 0 Å². The number of nitrogens with one attached hydrogen (secondary N) is 1. The van der Waals surface area contributed by atoms with E-state index < -0.39 is 28.5 Å². The third-order valence-electron chi connectivity index (χ3n) is 2.38. The highest BCUT2D eigenvalue weighted by Crippen LogP contribution is 2.14. The van der Waals surface area contributed by atoms with Gasteiger partial charge in [-0.25, -0.2) is 13.2 Å². The van der Waals surface area contributed by atoms with Gasteiger partial charge in [0.05, 0.1) is 18.1 Å². The molecule has 2 N–H and O–H groups in total. The molecule has 8 heteroatoms. The van der Waals surface area contributed by atoms with Crippen molar-refractivity contribution in [1.82, 2.24) is 0 Å². The van der Waals surface area contributed by atoms with Crippen LogP contribution in [0.15, 0.2) is 29.2 Å². The van der Waals surface area contributed by atoms with Crippen LogP contribution >= 0.6 is 0 Å². The number of aliphatic hydroxyl groups is 1. The van der Waals surface area contributed by atoms with Crippen molar-refractivity contribution in [2.24, 2.45) is 0 Å². The van der Waals surface area contributed by atoms with E-state index >= 15 is 0 Å². The summed E-state index contributed by atoms with van der Waals surface area (Å²) in [5.41, 5.74) is 0.527. The zero-order valence-electron chi connectivity index (χ0n) is 11.5. The van der Waals surface area contributed by atoms with Crippen LogP contribution in [0.5, 0.6) is 0 Å². The van der Waals surface area contributed by atoms with Crippen molar-refractivity contribution >= 4 is 44.5 Å². The van der Waals surface area contributed by atoms with Gasteiger partial charge in [0.2, 0.25) is 0 Å². The van der Waals surface area contributed by atoms with E-state index in [2.05, 4.69) is 5.32 Å². The van der Waals surface area contributed by atoms with Gasteiger partial charge in [-0.3, -0.25) is 0 Å². The molecule has 20 heavy (non-hydrogen) atoms. The summed E-state index contributed by atoms with van der Waals surface area (Å²) in [7, 11) is -3.25. The molecule has 0 saturated heterocycles. The van der Waals surface area contributed by atoms with E-state index in [0.717, 1.165) is 6.26 Å². The first-order valence-corrected chi connectivity index (χ1v) is 7.61. The fourth-order valence-electron chi connectivity index (χ4n) is 1.42. The molecule has 0 saturated carbocycles. The van der Waals surface area contributed by atoms with E-state index in [9.17, 15) is 13.2 Å². The number of ether oxygens (including phenoxy) is 1. The zero-order chi connectivity index (χ0) is 14.5. The molecule has 1 aromatic carbocycles. The van der Waals surface area contributed by atoms with Gasteiger partial charge in [0, 0.05) is 35.0 Å². The number of aliphatic hydroxyl groups excluding tert-OH is 1. The minimum atomic E-state index is -3.25. The molecule has 6 nitrogen and oxygen atoms in total. The number of rotatable bonds is 6. The highest BCUT2D eigenvalue weighted by molar-refractivity contribution is 7.90. The van der Waals surface area contributed by atoms with Crippen LogP contribution in [0.4, 0.5) is 5.69 Å². The van der Waals surface area contributed by atoms with Gasteiger partial charge in [-0.2, -0.15) is 0 Å². The summed E-state index contributed by atoms with van der Waals surface area (Å²) in [5, 5.41) is 11.9. The minimum Gasteiger partial charge on any atom is -0.464 e. The predicted octanol–water partition coefficient (Wildman–Crippen LogP) is 0.0452. The van der Waals surface area contributed by atoms with Crippen molar-refractivity contribution in [3.8, 4) is 0 Å². The van der Waals surface area contributed by atoms with Gasteiger partial charge in [0.25, 0.3) is 0 Å². The molecule has 108 valence electrons. The van der Waals surface area contributed by atoms with Crippen LogP contribution in [-0.4, -0.2) is 68.1 Å². The Bertz CT molecular complexity index is 529. The Kier molecular flexibility index (Phi) is 8.10. The second-order valence-electron chi connectivity index (χ2n) is 3.93. The van der Waals surface area contributed by atoms with Crippen molar-refractivity contribution < 1.29 is 23.1 Å². The summed E-state index contributed by atoms with van der Waals surface area (Å²) in [6, 6.07) is 5.04. The van der Waals surface area contributed by atoms with Gasteiger partial charge in [0.15, 0.2) is 9.84 Å². The van der Waals surface area contributed by atoms with Crippen molar-refractivity contribution in [2.75, 3.05) is 24.8 Å². The first-order valence-electron chi connectivity index (χ1n) is 5.72. The lowest BCUT2D eigenvalue weighted by molar-refractivity contribution is -0.144. The minimum absolute atomic E-state index is 0. The highest BCUT2D eigenvalue weighted by Gasteiger charge is 2.18. The van der Waals surface area contributed by atoms with Gasteiger partial charge in [0.1, 0.15) is 6.04 Å². The molecule has 0 aliphatic heterocycles. The molecule has 0 bridgehead atoms. The van der Waals surface area contributed by atoms with Crippen molar-refractivity contribution in [1.29, 1.82) is 0 Å². The van der Waals surface area contributed by atoms with E-state index in [1.165, 1.54) is 24.3 Å². The number of sulfone groups is 1. The first kappa shape index (κ1) is 19.2. The molecule has 0 unspecified atom stereocenters. The number of carbonyl (C=O) groups excluding carboxylic acids is 1. The van der Waals surface area contributed by atoms with E-state index in [-0.39, 0.29) is 34.6 Å². The monoisotopic (exact) mass is 311 g/mol. The fraction of sp³-hybridized carbons (Fsp3) is 0.417. The lowest BCUT2D eigenvalue weighted by Gasteiger charge is -2.16. The Morgan fingerprint density at radius 1 is 1.35 bits per heavy atom. The van der Waals surface area contributed by atoms with Crippen LogP contribution in [0.3, 0.4) is 0 Å². The lowest BCUT2D eigenvalue weighted by atomic mass is 10.2. The molecule has 1 rings (SSSR count). The Labute approximate surface area is 134 Å². The van der Waals surface area contributed by atoms with Crippen molar-refractivity contribution in [3.63, 3.8) is 0 Å². The number of benzene rings is 1. The van der Waals surface area contributed by atoms with Crippen molar-refractivity contribution in [3.05, 3.63) is 24.3 Å². The molecule has 0 aliphatic carbocycles. The number of hydrogen-bond acceptors (Lipinski definition) is 6. The third-order valence-corrected chi connectivity index (χ3v) is 3.51. The van der Waals surface area contributed by atoms with Gasteiger partial charge >= 0.3 is 5.97 Å². The van der Waals surface area contributed by atoms with Gasteiger partial charge in [-0.05, 0) is 31.2 Å². The summed E-state index contributed by atoms with van der Waals surface area (Å²) in [5.74, 6) is -0.558. The quantitative estimate of drug-likeness (QED) is 0.569. The molecule has 0 heterocycles. The second kappa shape index (κ2) is 8.45. The fourth-order valence-corrected chi connectivity index (χ4v) is 2.05. The molecule has 0 aliphatic rings. The van der Waals surface area contributed by atoms with Gasteiger partial charge < -0.3 is 15.2 Å². The smallest absolute Gasteiger partial charge is 0.330 e. The Morgan fingerprint density at radius 2 is 1.90 bits per heavy atom. The zero-order valence-corrected chi connectivity index (χ0v) is 13.7. The molecule has 0 aromatic heterocycles. The molecule has 0 fully saturated rings. The van der Waals surface area contributed by atoms with Gasteiger partial charge in [-0.1, -0.05) is 0 Å². The number of hydrogen-bond donors (Lipinski definition) is 2. The molecule has 0 amide bonds. The predicted molar refractivity (Wildman–Crippen MR) is 76.4 cm³/mol. The number of carbonyl (C=O) groups is 1. The molecule has 1 aromatic rings. The van der Waals surface area contributed by atoms with Crippen LogP contribution < -0.4 is 5.32 Å². The Hall–Kier alpha value is -0.834. The normalized spacial score (nSPS) is 12.2. The molecule has 2 radical (unpaired) electrons. The standard InChI is InChI=1S/C12H17NO5S.Mg/c1-3-18-12(15)11(8-14)13-9-4-6-10(7-5-9)19(2,16)17;/h4-7,11,13-14H,3,8H2,1-2H3;/t11-;/m0./s1. The maximum absolute atomic E-state index is 11.5. The molecular weight excluding hydrogens is 295 g/mol. The summed E-state index contributed by atoms with van der Waals surface area (Å²) in [6.45, 7) is 1.49. The summed E-state index contributed by atoms with van der Waals surface area (Å²) in [6.07, 6.45) is 1.12. The molecule has 1 atom stereocenters. The average Bonchev–Trinajstić information content (AvgIpc) is 2.35. The van der Waals surface area contributed by atoms with Crippen molar-refractivity contribution in [2.45, 2.75) is 17.9 Å². The maximum Gasteiger partial charge on any atom is 0.330 e. The van der Waals surface area contributed by atoms with Crippen LogP contribution in [0.2, 0.25) is 0 Å². The Morgan fingerprint density at radius 3 is 2.30 bits per heavy atom. The second-order valence-corrected chi connectivity index (χ2v) is 5.94. The van der Waals surface area contributed by atoms with E-state index in [1.807, 2.05) is 0 Å². The first-order chi connectivity index (χ1) is 8.88. The molecular formula is C12H17MgNO5S. The number of anilines is 1.